The van der Waals surface area contributed by atoms with Crippen LogP contribution in [0.4, 0.5) is 0 Å². The number of rotatable bonds is 2. The molecule has 18 heavy (non-hydrogen) atoms. The maximum Gasteiger partial charge on any atom is 0.243 e. The van der Waals surface area contributed by atoms with Crippen LogP contribution in [0.25, 0.3) is 0 Å². The number of hydrogen-bond donors (Lipinski definition) is 1. The Balaban J connectivity index is 1.89. The van der Waals surface area contributed by atoms with Gasteiger partial charge in [-0.15, -0.1) is 0 Å². The number of benzene rings is 1. The lowest BCUT2D eigenvalue weighted by molar-refractivity contribution is 0.207. The van der Waals surface area contributed by atoms with Crippen molar-refractivity contribution in [3.63, 3.8) is 0 Å². The summed E-state index contributed by atoms with van der Waals surface area (Å²) in [5.41, 5.74) is 1.03. The van der Waals surface area contributed by atoms with Crippen molar-refractivity contribution < 1.29 is 13.5 Å². The zero-order valence-corrected chi connectivity index (χ0v) is 10.8. The number of aliphatic hydroxyl groups is 1. The molecule has 1 aromatic carbocycles. The summed E-state index contributed by atoms with van der Waals surface area (Å²) in [5, 5.41) is 9.49. The molecule has 3 rings (SSSR count). The largest absolute Gasteiger partial charge is 0.389 e. The van der Waals surface area contributed by atoms with Gasteiger partial charge in [-0.05, 0) is 25.5 Å². The highest BCUT2D eigenvalue weighted by Gasteiger charge is 2.55. The summed E-state index contributed by atoms with van der Waals surface area (Å²) in [6.45, 7) is 1.92. The van der Waals surface area contributed by atoms with Crippen LogP contribution in [0, 0.1) is 6.92 Å². The van der Waals surface area contributed by atoms with Gasteiger partial charge in [0.2, 0.25) is 10.0 Å². The third-order valence-corrected chi connectivity index (χ3v) is 5.47. The van der Waals surface area contributed by atoms with E-state index in [4.69, 9.17) is 0 Å². The van der Waals surface area contributed by atoms with Crippen LogP contribution in [0.2, 0.25) is 0 Å². The summed E-state index contributed by atoms with van der Waals surface area (Å²) in [5.74, 6) is 0. The van der Waals surface area contributed by atoms with E-state index in [1.54, 1.807) is 36.4 Å². The molecule has 0 aromatic heterocycles. The number of hydrogen-bond acceptors (Lipinski definition) is 3. The minimum Gasteiger partial charge on any atom is -0.389 e. The monoisotopic (exact) mass is 265 g/mol. The van der Waals surface area contributed by atoms with Crippen LogP contribution in [-0.2, 0) is 10.0 Å². The molecule has 1 fully saturated rings. The minimum absolute atomic E-state index is 0.0697. The van der Waals surface area contributed by atoms with Crippen molar-refractivity contribution in [3.8, 4) is 0 Å². The third kappa shape index (κ3) is 1.79. The van der Waals surface area contributed by atoms with E-state index in [0.717, 1.165) is 5.56 Å². The molecule has 0 radical (unpaired) electrons. The molecule has 1 aromatic rings. The fraction of sp³-hybridized carbons (Fsp3) is 0.385. The number of aryl methyl sites for hydroxylation is 1. The van der Waals surface area contributed by atoms with Gasteiger partial charge < -0.3 is 5.11 Å². The highest BCUT2D eigenvalue weighted by Crippen LogP contribution is 2.41. The second kappa shape index (κ2) is 3.91. The molecule has 1 N–H and O–H groups in total. The topological polar surface area (TPSA) is 57.4 Å². The molecule has 1 heterocycles. The van der Waals surface area contributed by atoms with Crippen LogP contribution in [-0.4, -0.2) is 36.0 Å². The molecule has 4 nitrogen and oxygen atoms in total. The molecule has 2 aliphatic rings. The highest BCUT2D eigenvalue weighted by atomic mass is 32.2. The summed E-state index contributed by atoms with van der Waals surface area (Å²) < 4.78 is 26.3. The zero-order valence-electron chi connectivity index (χ0n) is 10.0. The Morgan fingerprint density at radius 2 is 1.89 bits per heavy atom. The molecule has 1 aliphatic carbocycles. The van der Waals surface area contributed by atoms with Crippen LogP contribution in [0.15, 0.2) is 41.3 Å². The fourth-order valence-corrected chi connectivity index (χ4v) is 4.24. The molecule has 1 aliphatic heterocycles. The lowest BCUT2D eigenvalue weighted by Crippen LogP contribution is -2.16. The second-order valence-corrected chi connectivity index (χ2v) is 6.74. The van der Waals surface area contributed by atoms with E-state index in [9.17, 15) is 13.5 Å². The first kappa shape index (κ1) is 11.9. The summed E-state index contributed by atoms with van der Waals surface area (Å²) in [4.78, 5) is 0.324. The van der Waals surface area contributed by atoms with Gasteiger partial charge in [0, 0.05) is 6.04 Å². The molecule has 0 saturated carbocycles. The van der Waals surface area contributed by atoms with E-state index in [1.807, 2.05) is 6.92 Å². The first-order valence-electron chi connectivity index (χ1n) is 5.97. The average molecular weight is 265 g/mol. The summed E-state index contributed by atoms with van der Waals surface area (Å²) in [6.07, 6.45) is 3.42. The Kier molecular flexibility index (Phi) is 2.59. The molecule has 1 unspecified atom stereocenters. The summed E-state index contributed by atoms with van der Waals surface area (Å²) in [7, 11) is -3.42. The van der Waals surface area contributed by atoms with Gasteiger partial charge in [0.25, 0.3) is 0 Å². The molecule has 0 amide bonds. The van der Waals surface area contributed by atoms with Gasteiger partial charge in [0.15, 0.2) is 0 Å². The molecular formula is C13H15NO3S. The highest BCUT2D eigenvalue weighted by molar-refractivity contribution is 7.89. The molecule has 0 bridgehead atoms. The first-order chi connectivity index (χ1) is 8.50. The maximum absolute atomic E-state index is 12.4. The van der Waals surface area contributed by atoms with Gasteiger partial charge in [0.1, 0.15) is 0 Å². The first-order valence-corrected chi connectivity index (χ1v) is 7.41. The molecule has 4 atom stereocenters. The van der Waals surface area contributed by atoms with E-state index >= 15 is 0 Å². The number of fused-ring (bicyclic) bond motifs is 1. The molecule has 5 heteroatoms. The van der Waals surface area contributed by atoms with Crippen LogP contribution in [0.3, 0.4) is 0 Å². The Morgan fingerprint density at radius 1 is 1.22 bits per heavy atom. The van der Waals surface area contributed by atoms with Crippen LogP contribution in [0.1, 0.15) is 12.0 Å². The van der Waals surface area contributed by atoms with Gasteiger partial charge >= 0.3 is 0 Å². The second-order valence-electron chi connectivity index (χ2n) is 4.89. The number of nitrogens with zero attached hydrogens (tertiary/aromatic N) is 1. The Morgan fingerprint density at radius 3 is 2.50 bits per heavy atom. The average Bonchev–Trinajstić information content (AvgIpc) is 3.03. The molecule has 0 spiro atoms. The minimum atomic E-state index is -3.42. The van der Waals surface area contributed by atoms with Crippen molar-refractivity contribution in [3.05, 3.63) is 42.0 Å². The van der Waals surface area contributed by atoms with Crippen molar-refractivity contribution >= 4 is 10.0 Å². The molecular weight excluding hydrogens is 250 g/mol. The Labute approximate surface area is 107 Å². The van der Waals surface area contributed by atoms with E-state index < -0.39 is 16.1 Å². The van der Waals surface area contributed by atoms with Gasteiger partial charge in [-0.25, -0.2) is 8.42 Å². The summed E-state index contributed by atoms with van der Waals surface area (Å²) >= 11 is 0. The van der Waals surface area contributed by atoms with Gasteiger partial charge in [-0.2, -0.15) is 4.31 Å². The quantitative estimate of drug-likeness (QED) is 0.642. The fourth-order valence-electron chi connectivity index (χ4n) is 2.47. The third-order valence-electron chi connectivity index (χ3n) is 3.54. The lowest BCUT2D eigenvalue weighted by Gasteiger charge is -2.07. The predicted octanol–water partition coefficient (Wildman–Crippen LogP) is 1.06. The van der Waals surface area contributed by atoms with Gasteiger partial charge in [-0.3, -0.25) is 0 Å². The van der Waals surface area contributed by atoms with Crippen LogP contribution < -0.4 is 0 Å². The van der Waals surface area contributed by atoms with Crippen LogP contribution >= 0.6 is 0 Å². The zero-order chi connectivity index (χ0) is 12.9. The summed E-state index contributed by atoms with van der Waals surface area (Å²) in [6, 6.07) is 6.72. The van der Waals surface area contributed by atoms with Crippen molar-refractivity contribution in [1.29, 1.82) is 0 Å². The lowest BCUT2D eigenvalue weighted by atomic mass is 10.1. The predicted molar refractivity (Wildman–Crippen MR) is 67.5 cm³/mol. The normalized spacial score (nSPS) is 34.1. The van der Waals surface area contributed by atoms with Crippen molar-refractivity contribution in [2.75, 3.05) is 0 Å². The van der Waals surface area contributed by atoms with Gasteiger partial charge in [-0.1, -0.05) is 29.8 Å². The maximum atomic E-state index is 12.4. The Hall–Kier alpha value is -1.17. The standard InChI is InChI=1S/C13H15NO3S/c1-9-2-5-11(6-3-9)18(16,17)14-12-7-4-10(15)8-13(12)14/h2-7,10,12-13,15H,8H2,1H3/t10-,12+,13-,14?/m1/s1. The van der Waals surface area contributed by atoms with Crippen LogP contribution in [0.5, 0.6) is 0 Å². The van der Waals surface area contributed by atoms with E-state index in [1.165, 1.54) is 4.31 Å². The van der Waals surface area contributed by atoms with Gasteiger partial charge in [0.05, 0.1) is 17.0 Å². The van der Waals surface area contributed by atoms with E-state index in [-0.39, 0.29) is 12.1 Å². The smallest absolute Gasteiger partial charge is 0.243 e. The molecule has 96 valence electrons. The van der Waals surface area contributed by atoms with Crippen molar-refractivity contribution in [2.24, 2.45) is 0 Å². The number of aliphatic hydroxyl groups excluding tert-OH is 1. The Bertz CT molecular complexity index is 591. The molecule has 1 saturated heterocycles. The SMILES string of the molecule is Cc1ccc(S(=O)(=O)N2[C@@H]3C[C@H](O)C=C[C@@H]32)cc1. The number of sulfonamides is 1. The van der Waals surface area contributed by atoms with Crippen molar-refractivity contribution in [1.82, 2.24) is 4.31 Å². The van der Waals surface area contributed by atoms with E-state index in [0.29, 0.717) is 11.3 Å². The van der Waals surface area contributed by atoms with Crippen molar-refractivity contribution in [2.45, 2.75) is 36.4 Å². The van der Waals surface area contributed by atoms with E-state index in [2.05, 4.69) is 0 Å².